The van der Waals surface area contributed by atoms with Gasteiger partial charge in [0.05, 0.1) is 11.6 Å². The predicted octanol–water partition coefficient (Wildman–Crippen LogP) is 3.38. The number of ether oxygens (including phenoxy) is 1. The van der Waals surface area contributed by atoms with Crippen LogP contribution in [0.15, 0.2) is 47.9 Å². The molecule has 1 heterocycles. The topological polar surface area (TPSA) is 50.1 Å². The maximum absolute atomic E-state index is 11.5. The largest absolute Gasteiger partial charge is 0.458 e. The molecule has 0 amide bonds. The van der Waals surface area contributed by atoms with Crippen LogP contribution in [0, 0.1) is 11.3 Å². The fraction of sp³-hybridized carbons (Fsp3) is 0.0667. The first kappa shape index (κ1) is 13.1. The van der Waals surface area contributed by atoms with Gasteiger partial charge < -0.3 is 4.74 Å². The molecule has 0 spiro atoms. The number of esters is 1. The van der Waals surface area contributed by atoms with Crippen LogP contribution in [-0.4, -0.2) is 5.97 Å². The van der Waals surface area contributed by atoms with Crippen LogP contribution < -0.4 is 0 Å². The SMILES string of the molecule is N#Cc1ccccc1COC(=O)/C=C/c1cccs1. The maximum atomic E-state index is 11.5. The molecule has 0 atom stereocenters. The molecule has 94 valence electrons. The van der Waals surface area contributed by atoms with Crippen LogP contribution in [0.25, 0.3) is 6.08 Å². The van der Waals surface area contributed by atoms with Crippen LogP contribution >= 0.6 is 11.3 Å². The van der Waals surface area contributed by atoms with Gasteiger partial charge >= 0.3 is 5.97 Å². The highest BCUT2D eigenvalue weighted by Crippen LogP contribution is 2.11. The molecule has 1 aromatic carbocycles. The number of nitrogens with zero attached hydrogens (tertiary/aromatic N) is 1. The van der Waals surface area contributed by atoms with Gasteiger partial charge in [0.1, 0.15) is 6.61 Å². The van der Waals surface area contributed by atoms with Crippen LogP contribution in [0.3, 0.4) is 0 Å². The third kappa shape index (κ3) is 3.80. The summed E-state index contributed by atoms with van der Waals surface area (Å²) in [6.07, 6.45) is 3.10. The summed E-state index contributed by atoms with van der Waals surface area (Å²) in [5.41, 5.74) is 1.24. The molecule has 3 nitrogen and oxygen atoms in total. The Kier molecular flexibility index (Phi) is 4.49. The van der Waals surface area contributed by atoms with E-state index in [0.29, 0.717) is 11.1 Å². The van der Waals surface area contributed by atoms with Crippen molar-refractivity contribution in [3.8, 4) is 6.07 Å². The molecule has 0 aliphatic rings. The summed E-state index contributed by atoms with van der Waals surface area (Å²) in [6, 6.07) is 13.0. The standard InChI is InChI=1S/C15H11NO2S/c16-10-12-4-1-2-5-13(12)11-18-15(17)8-7-14-6-3-9-19-14/h1-9H,11H2/b8-7+. The maximum Gasteiger partial charge on any atom is 0.331 e. The van der Waals surface area contributed by atoms with Gasteiger partial charge in [0.15, 0.2) is 0 Å². The molecule has 0 aliphatic carbocycles. The smallest absolute Gasteiger partial charge is 0.331 e. The lowest BCUT2D eigenvalue weighted by Gasteiger charge is -2.03. The minimum atomic E-state index is -0.416. The fourth-order valence-electron chi connectivity index (χ4n) is 1.49. The number of carbonyl (C=O) groups is 1. The number of hydrogen-bond donors (Lipinski definition) is 0. The second-order valence-corrected chi connectivity index (χ2v) is 4.70. The van der Waals surface area contributed by atoms with Crippen molar-refractivity contribution in [1.82, 2.24) is 0 Å². The zero-order valence-corrected chi connectivity index (χ0v) is 10.9. The lowest BCUT2D eigenvalue weighted by molar-refractivity contribution is -0.138. The van der Waals surface area contributed by atoms with E-state index in [-0.39, 0.29) is 6.61 Å². The van der Waals surface area contributed by atoms with Crippen LogP contribution in [-0.2, 0) is 16.1 Å². The Hall–Kier alpha value is -2.38. The van der Waals surface area contributed by atoms with Crippen molar-refractivity contribution >= 4 is 23.4 Å². The minimum absolute atomic E-state index is 0.108. The zero-order valence-electron chi connectivity index (χ0n) is 10.1. The van der Waals surface area contributed by atoms with E-state index in [4.69, 9.17) is 10.00 Å². The van der Waals surface area contributed by atoms with Crippen LogP contribution in [0.4, 0.5) is 0 Å². The first-order valence-corrected chi connectivity index (χ1v) is 6.54. The summed E-state index contributed by atoms with van der Waals surface area (Å²) in [6.45, 7) is 0.108. The van der Waals surface area contributed by atoms with Gasteiger partial charge in [-0.05, 0) is 23.6 Å². The molecule has 1 aromatic heterocycles. The molecule has 2 aromatic rings. The van der Waals surface area contributed by atoms with Crippen LogP contribution in [0.2, 0.25) is 0 Å². The average molecular weight is 269 g/mol. The monoisotopic (exact) mass is 269 g/mol. The van der Waals surface area contributed by atoms with E-state index in [2.05, 4.69) is 6.07 Å². The highest BCUT2D eigenvalue weighted by molar-refractivity contribution is 7.10. The normalized spacial score (nSPS) is 10.3. The van der Waals surface area contributed by atoms with E-state index < -0.39 is 5.97 Å². The highest BCUT2D eigenvalue weighted by Gasteiger charge is 2.03. The Bertz CT molecular complexity index is 624. The van der Waals surface area contributed by atoms with Crippen molar-refractivity contribution in [3.05, 3.63) is 63.9 Å². The van der Waals surface area contributed by atoms with E-state index in [0.717, 1.165) is 4.88 Å². The second-order valence-electron chi connectivity index (χ2n) is 3.73. The molecule has 0 saturated carbocycles. The molecule has 0 fully saturated rings. The van der Waals surface area contributed by atoms with Crippen molar-refractivity contribution in [2.24, 2.45) is 0 Å². The summed E-state index contributed by atoms with van der Waals surface area (Å²) < 4.78 is 5.10. The van der Waals surface area contributed by atoms with Gasteiger partial charge in [0.25, 0.3) is 0 Å². The molecule has 0 aliphatic heterocycles. The van der Waals surface area contributed by atoms with Crippen molar-refractivity contribution in [3.63, 3.8) is 0 Å². The molecule has 0 radical (unpaired) electrons. The number of benzene rings is 1. The summed E-state index contributed by atoms with van der Waals surface area (Å²) in [4.78, 5) is 12.5. The number of rotatable bonds is 4. The summed E-state index contributed by atoms with van der Waals surface area (Å²) in [7, 11) is 0. The predicted molar refractivity (Wildman–Crippen MR) is 74.3 cm³/mol. The van der Waals surface area contributed by atoms with Crippen LogP contribution in [0.1, 0.15) is 16.0 Å². The van der Waals surface area contributed by atoms with Gasteiger partial charge in [0, 0.05) is 16.5 Å². The second kappa shape index (κ2) is 6.53. The van der Waals surface area contributed by atoms with Gasteiger partial charge in [-0.2, -0.15) is 5.26 Å². The highest BCUT2D eigenvalue weighted by atomic mass is 32.1. The van der Waals surface area contributed by atoms with E-state index in [1.807, 2.05) is 23.6 Å². The Labute approximate surface area is 115 Å². The van der Waals surface area contributed by atoms with Gasteiger partial charge in [-0.25, -0.2) is 4.79 Å². The van der Waals surface area contributed by atoms with Gasteiger partial charge in [0.2, 0.25) is 0 Å². The Balaban J connectivity index is 1.92. The average Bonchev–Trinajstić information content (AvgIpc) is 2.96. The lowest BCUT2D eigenvalue weighted by atomic mass is 10.1. The lowest BCUT2D eigenvalue weighted by Crippen LogP contribution is -2.02. The quantitative estimate of drug-likeness (QED) is 0.631. The van der Waals surface area contributed by atoms with Crippen LogP contribution in [0.5, 0.6) is 0 Å². The zero-order chi connectivity index (χ0) is 13.5. The van der Waals surface area contributed by atoms with Gasteiger partial charge in [-0.1, -0.05) is 24.3 Å². The third-order valence-electron chi connectivity index (χ3n) is 2.43. The number of thiophene rings is 1. The first-order chi connectivity index (χ1) is 9.29. The minimum Gasteiger partial charge on any atom is -0.458 e. The van der Waals surface area contributed by atoms with Crippen molar-refractivity contribution in [2.75, 3.05) is 0 Å². The molecule has 0 saturated heterocycles. The van der Waals surface area contributed by atoms with E-state index >= 15 is 0 Å². The van der Waals surface area contributed by atoms with Gasteiger partial charge in [-0.15, -0.1) is 11.3 Å². The third-order valence-corrected chi connectivity index (χ3v) is 3.27. The molecule has 19 heavy (non-hydrogen) atoms. The Morgan fingerprint density at radius 3 is 2.89 bits per heavy atom. The fourth-order valence-corrected chi connectivity index (χ4v) is 2.11. The number of hydrogen-bond acceptors (Lipinski definition) is 4. The molecule has 4 heteroatoms. The number of carbonyl (C=O) groups excluding carboxylic acids is 1. The summed E-state index contributed by atoms with van der Waals surface area (Å²) >= 11 is 1.55. The molecular formula is C15H11NO2S. The van der Waals surface area contributed by atoms with Gasteiger partial charge in [-0.3, -0.25) is 0 Å². The van der Waals surface area contributed by atoms with E-state index in [9.17, 15) is 4.79 Å². The van der Waals surface area contributed by atoms with Crippen molar-refractivity contribution < 1.29 is 9.53 Å². The number of nitriles is 1. The van der Waals surface area contributed by atoms with Crippen molar-refractivity contribution in [2.45, 2.75) is 6.61 Å². The Morgan fingerprint density at radius 2 is 2.16 bits per heavy atom. The summed E-state index contributed by atoms with van der Waals surface area (Å²) in [5, 5.41) is 10.8. The van der Waals surface area contributed by atoms with E-state index in [1.165, 1.54) is 6.08 Å². The Morgan fingerprint density at radius 1 is 1.32 bits per heavy atom. The van der Waals surface area contributed by atoms with E-state index in [1.54, 1.807) is 35.6 Å². The molecule has 0 unspecified atom stereocenters. The molecule has 0 bridgehead atoms. The first-order valence-electron chi connectivity index (χ1n) is 5.66. The molecular weight excluding hydrogens is 258 g/mol. The summed E-state index contributed by atoms with van der Waals surface area (Å²) in [5.74, 6) is -0.416. The molecule has 0 N–H and O–H groups in total. The molecule has 2 rings (SSSR count). The van der Waals surface area contributed by atoms with Crippen molar-refractivity contribution in [1.29, 1.82) is 5.26 Å².